The van der Waals surface area contributed by atoms with Gasteiger partial charge in [-0.15, -0.1) is 0 Å². The highest BCUT2D eigenvalue weighted by atomic mass is 16.3. The van der Waals surface area contributed by atoms with E-state index in [1.54, 1.807) is 0 Å². The third kappa shape index (κ3) is 12.0. The van der Waals surface area contributed by atoms with Crippen molar-refractivity contribution in [2.75, 3.05) is 6.54 Å². The topological polar surface area (TPSA) is 46.2 Å². The van der Waals surface area contributed by atoms with Crippen LogP contribution in [0.4, 0.5) is 0 Å². The van der Waals surface area contributed by atoms with Crippen LogP contribution < -0.4 is 5.73 Å². The standard InChI is InChI=1S/C14H31NO/c1-2-3-4-5-6-7-8-9-10-11-12-14(16)13-15/h14,16H,2-13,15H2,1H3/t14-/m0/s1. The maximum atomic E-state index is 9.26. The molecule has 16 heavy (non-hydrogen) atoms. The van der Waals surface area contributed by atoms with Crippen LogP contribution in [0.25, 0.3) is 0 Å². The van der Waals surface area contributed by atoms with Gasteiger partial charge in [-0.05, 0) is 6.42 Å². The van der Waals surface area contributed by atoms with E-state index in [1.165, 1.54) is 57.8 Å². The summed E-state index contributed by atoms with van der Waals surface area (Å²) >= 11 is 0. The molecule has 98 valence electrons. The monoisotopic (exact) mass is 229 g/mol. The van der Waals surface area contributed by atoms with Crippen LogP contribution in [0.2, 0.25) is 0 Å². The molecule has 0 aliphatic heterocycles. The quantitative estimate of drug-likeness (QED) is 0.502. The maximum absolute atomic E-state index is 9.26. The van der Waals surface area contributed by atoms with Crippen molar-refractivity contribution in [1.29, 1.82) is 0 Å². The first-order valence-electron chi connectivity index (χ1n) is 7.19. The minimum atomic E-state index is -0.269. The van der Waals surface area contributed by atoms with E-state index < -0.39 is 0 Å². The minimum Gasteiger partial charge on any atom is -0.392 e. The lowest BCUT2D eigenvalue weighted by molar-refractivity contribution is 0.168. The third-order valence-corrected chi connectivity index (χ3v) is 3.16. The van der Waals surface area contributed by atoms with Gasteiger partial charge >= 0.3 is 0 Å². The summed E-state index contributed by atoms with van der Waals surface area (Å²) in [7, 11) is 0. The smallest absolute Gasteiger partial charge is 0.0662 e. The number of unbranched alkanes of at least 4 members (excludes halogenated alkanes) is 9. The van der Waals surface area contributed by atoms with Crippen molar-refractivity contribution >= 4 is 0 Å². The highest BCUT2D eigenvalue weighted by molar-refractivity contribution is 4.55. The summed E-state index contributed by atoms with van der Waals surface area (Å²) in [5.41, 5.74) is 5.34. The van der Waals surface area contributed by atoms with E-state index in [0.29, 0.717) is 6.54 Å². The van der Waals surface area contributed by atoms with Gasteiger partial charge in [0.25, 0.3) is 0 Å². The molecule has 2 heteroatoms. The summed E-state index contributed by atoms with van der Waals surface area (Å²) in [5.74, 6) is 0. The lowest BCUT2D eigenvalue weighted by atomic mass is 10.0. The molecule has 3 N–H and O–H groups in total. The van der Waals surface area contributed by atoms with Gasteiger partial charge in [0.2, 0.25) is 0 Å². The summed E-state index contributed by atoms with van der Waals surface area (Å²) in [5, 5.41) is 9.26. The lowest BCUT2D eigenvalue weighted by Gasteiger charge is -2.06. The number of aliphatic hydroxyl groups is 1. The fourth-order valence-electron chi connectivity index (χ4n) is 1.99. The second-order valence-electron chi connectivity index (χ2n) is 4.86. The molecule has 1 atom stereocenters. The first-order chi connectivity index (χ1) is 7.81. The van der Waals surface area contributed by atoms with Crippen molar-refractivity contribution in [3.8, 4) is 0 Å². The van der Waals surface area contributed by atoms with Crippen LogP contribution in [0.3, 0.4) is 0 Å². The van der Waals surface area contributed by atoms with Crippen molar-refractivity contribution in [1.82, 2.24) is 0 Å². The molecular formula is C14H31NO. The van der Waals surface area contributed by atoms with E-state index in [2.05, 4.69) is 6.92 Å². The summed E-state index contributed by atoms with van der Waals surface area (Å²) < 4.78 is 0. The predicted molar refractivity (Wildman–Crippen MR) is 71.5 cm³/mol. The zero-order valence-electron chi connectivity index (χ0n) is 11.1. The number of nitrogens with two attached hydrogens (primary N) is 1. The Morgan fingerprint density at radius 1 is 0.812 bits per heavy atom. The molecule has 0 unspecified atom stereocenters. The van der Waals surface area contributed by atoms with Crippen LogP contribution in [-0.4, -0.2) is 17.8 Å². The van der Waals surface area contributed by atoms with Gasteiger partial charge in [-0.1, -0.05) is 71.1 Å². The van der Waals surface area contributed by atoms with Crippen molar-refractivity contribution in [2.45, 2.75) is 83.7 Å². The van der Waals surface area contributed by atoms with Gasteiger partial charge in [-0.2, -0.15) is 0 Å². The Morgan fingerprint density at radius 3 is 1.69 bits per heavy atom. The van der Waals surface area contributed by atoms with Crippen LogP contribution in [0.5, 0.6) is 0 Å². The van der Waals surface area contributed by atoms with E-state index in [-0.39, 0.29) is 6.10 Å². The van der Waals surface area contributed by atoms with Gasteiger partial charge in [0, 0.05) is 6.54 Å². The first-order valence-corrected chi connectivity index (χ1v) is 7.19. The predicted octanol–water partition coefficient (Wildman–Crippen LogP) is 3.62. The molecule has 0 rings (SSSR count). The van der Waals surface area contributed by atoms with Crippen LogP contribution in [0, 0.1) is 0 Å². The molecule has 0 aromatic carbocycles. The Balaban J connectivity index is 2.93. The summed E-state index contributed by atoms with van der Waals surface area (Å²) in [6.45, 7) is 2.67. The largest absolute Gasteiger partial charge is 0.392 e. The average molecular weight is 229 g/mol. The van der Waals surface area contributed by atoms with Crippen LogP contribution >= 0.6 is 0 Å². The lowest BCUT2D eigenvalue weighted by Crippen LogP contribution is -2.19. The van der Waals surface area contributed by atoms with Crippen molar-refractivity contribution < 1.29 is 5.11 Å². The molecule has 0 amide bonds. The Labute approximate surface area is 102 Å². The molecule has 0 spiro atoms. The van der Waals surface area contributed by atoms with Crippen LogP contribution in [0.1, 0.15) is 77.6 Å². The molecule has 2 nitrogen and oxygen atoms in total. The van der Waals surface area contributed by atoms with Gasteiger partial charge in [-0.3, -0.25) is 0 Å². The normalized spacial score (nSPS) is 12.9. The number of hydrogen-bond acceptors (Lipinski definition) is 2. The Hall–Kier alpha value is -0.0800. The molecule has 0 aliphatic rings. The Kier molecular flexibility index (Phi) is 12.9. The summed E-state index contributed by atoms with van der Waals surface area (Å²) in [4.78, 5) is 0. The fourth-order valence-corrected chi connectivity index (χ4v) is 1.99. The summed E-state index contributed by atoms with van der Waals surface area (Å²) in [6, 6.07) is 0. The maximum Gasteiger partial charge on any atom is 0.0662 e. The van der Waals surface area contributed by atoms with Crippen molar-refractivity contribution in [2.24, 2.45) is 5.73 Å². The van der Waals surface area contributed by atoms with E-state index in [0.717, 1.165) is 12.8 Å². The zero-order valence-corrected chi connectivity index (χ0v) is 11.1. The average Bonchev–Trinajstić information content (AvgIpc) is 2.31. The van der Waals surface area contributed by atoms with Gasteiger partial charge in [0.1, 0.15) is 0 Å². The molecule has 0 aromatic heterocycles. The second-order valence-corrected chi connectivity index (χ2v) is 4.86. The number of hydrogen-bond donors (Lipinski definition) is 2. The van der Waals surface area contributed by atoms with Gasteiger partial charge in [-0.25, -0.2) is 0 Å². The van der Waals surface area contributed by atoms with Crippen molar-refractivity contribution in [3.63, 3.8) is 0 Å². The SMILES string of the molecule is CCCCCCCCCCCC[C@H](O)CN. The molecular weight excluding hydrogens is 198 g/mol. The number of aliphatic hydroxyl groups excluding tert-OH is 1. The first kappa shape index (κ1) is 15.9. The van der Waals surface area contributed by atoms with Crippen molar-refractivity contribution in [3.05, 3.63) is 0 Å². The molecule has 0 fully saturated rings. The van der Waals surface area contributed by atoms with Gasteiger partial charge in [0.15, 0.2) is 0 Å². The molecule has 0 saturated carbocycles. The highest BCUT2D eigenvalue weighted by Gasteiger charge is 1.99. The fraction of sp³-hybridized carbons (Fsp3) is 1.00. The van der Waals surface area contributed by atoms with E-state index in [1.807, 2.05) is 0 Å². The molecule has 0 heterocycles. The van der Waals surface area contributed by atoms with E-state index >= 15 is 0 Å². The van der Waals surface area contributed by atoms with Gasteiger partial charge < -0.3 is 10.8 Å². The van der Waals surface area contributed by atoms with Crippen LogP contribution in [0.15, 0.2) is 0 Å². The van der Waals surface area contributed by atoms with Crippen LogP contribution in [-0.2, 0) is 0 Å². The molecule has 0 aliphatic carbocycles. The Morgan fingerprint density at radius 2 is 1.25 bits per heavy atom. The second kappa shape index (κ2) is 13.0. The molecule has 0 saturated heterocycles. The minimum absolute atomic E-state index is 0.269. The highest BCUT2D eigenvalue weighted by Crippen LogP contribution is 2.11. The van der Waals surface area contributed by atoms with E-state index in [9.17, 15) is 5.11 Å². The van der Waals surface area contributed by atoms with Gasteiger partial charge in [0.05, 0.1) is 6.10 Å². The zero-order chi connectivity index (χ0) is 12.1. The summed E-state index contributed by atoms with van der Waals surface area (Å²) in [6.07, 6.45) is 14.1. The third-order valence-electron chi connectivity index (χ3n) is 3.16. The molecule has 0 bridgehead atoms. The molecule has 0 aromatic rings. The number of rotatable bonds is 12. The molecule has 0 radical (unpaired) electrons. The Bertz CT molecular complexity index is 128. The van der Waals surface area contributed by atoms with E-state index in [4.69, 9.17) is 5.73 Å².